The molecule has 2 aromatic heterocycles. The molecular weight excluding hydrogens is 487 g/mol. The Balaban J connectivity index is 1.05. The summed E-state index contributed by atoms with van der Waals surface area (Å²) in [4.78, 5) is 14.3. The number of morpholine rings is 1. The molecule has 0 radical (unpaired) electrons. The van der Waals surface area contributed by atoms with Crippen molar-refractivity contribution in [3.63, 3.8) is 0 Å². The van der Waals surface area contributed by atoms with E-state index in [4.69, 9.17) is 4.74 Å². The molecule has 3 aliphatic rings. The number of nitrogens with one attached hydrogen (secondary N) is 1. The van der Waals surface area contributed by atoms with Crippen molar-refractivity contribution in [1.82, 2.24) is 14.9 Å². The summed E-state index contributed by atoms with van der Waals surface area (Å²) in [7, 11) is 0. The van der Waals surface area contributed by atoms with Crippen molar-refractivity contribution in [2.45, 2.75) is 44.4 Å². The van der Waals surface area contributed by atoms with Crippen molar-refractivity contribution >= 4 is 33.1 Å². The molecule has 1 aromatic carbocycles. The number of alkyl halides is 3. The van der Waals surface area contributed by atoms with E-state index in [0.717, 1.165) is 93.4 Å². The summed E-state index contributed by atoms with van der Waals surface area (Å²) in [5.41, 5.74) is 2.72. The molecule has 2 aliphatic heterocycles. The molecule has 0 unspecified atom stereocenters. The van der Waals surface area contributed by atoms with Crippen molar-refractivity contribution in [3.8, 4) is 0 Å². The molecule has 6 nitrogen and oxygen atoms in total. The molecule has 3 fully saturated rings. The lowest BCUT2D eigenvalue weighted by Crippen LogP contribution is -2.46. The van der Waals surface area contributed by atoms with Gasteiger partial charge in [-0.15, -0.1) is 11.3 Å². The predicted octanol–water partition coefficient (Wildman–Crippen LogP) is 5.10. The van der Waals surface area contributed by atoms with Crippen LogP contribution in [0.4, 0.5) is 24.7 Å². The number of halogens is 3. The second-order valence-corrected chi connectivity index (χ2v) is 11.5. The maximum absolute atomic E-state index is 12.9. The number of hydrogen-bond acceptors (Lipinski definition) is 7. The topological polar surface area (TPSA) is 53.5 Å². The second-order valence-electron chi connectivity index (χ2n) is 10.4. The van der Waals surface area contributed by atoms with Crippen LogP contribution in [0.15, 0.2) is 36.7 Å². The normalized spacial score (nSPS) is 25.0. The van der Waals surface area contributed by atoms with Gasteiger partial charge in [0.25, 0.3) is 0 Å². The van der Waals surface area contributed by atoms with Crippen LogP contribution in [-0.4, -0.2) is 66.5 Å². The molecule has 4 heterocycles. The third kappa shape index (κ3) is 5.17. The quantitative estimate of drug-likeness (QED) is 0.491. The third-order valence-electron chi connectivity index (χ3n) is 7.67. The van der Waals surface area contributed by atoms with E-state index in [2.05, 4.69) is 49.4 Å². The fraction of sp³-hybridized carbons (Fsp3) is 0.538. The second kappa shape index (κ2) is 9.46. The van der Waals surface area contributed by atoms with Crippen molar-refractivity contribution in [2.24, 2.45) is 5.41 Å². The lowest BCUT2D eigenvalue weighted by atomic mass is 9.65. The number of benzene rings is 1. The molecule has 10 heteroatoms. The summed E-state index contributed by atoms with van der Waals surface area (Å²) in [5.74, 6) is 0.772. The van der Waals surface area contributed by atoms with E-state index < -0.39 is 12.6 Å². The SMILES string of the molecule is FC(F)(F)Cc1cc2c(N3CCC4(CC(Nc5ccc(CN6CCOCC6)cc5)C4)C3)ncnc2s1. The van der Waals surface area contributed by atoms with E-state index in [9.17, 15) is 13.2 Å². The van der Waals surface area contributed by atoms with Crippen LogP contribution in [0.5, 0.6) is 0 Å². The number of fused-ring (bicyclic) bond motifs is 1. The van der Waals surface area contributed by atoms with Crippen LogP contribution >= 0.6 is 11.3 Å². The summed E-state index contributed by atoms with van der Waals surface area (Å²) in [6, 6.07) is 10.8. The standard InChI is InChI=1S/C26H30F3N5OS/c27-26(28,29)14-21-11-22-23(30-17-31-24(22)36-21)34-6-5-25(16-34)12-20(13-25)32-19-3-1-18(2-4-19)15-33-7-9-35-10-8-33/h1-4,11,17,20,32H,5-10,12-16H2. The number of hydrogen-bond donors (Lipinski definition) is 1. The predicted molar refractivity (Wildman–Crippen MR) is 136 cm³/mol. The summed E-state index contributed by atoms with van der Waals surface area (Å²) in [6.07, 6.45) is -0.395. The average molecular weight is 518 g/mol. The van der Waals surface area contributed by atoms with Crippen LogP contribution < -0.4 is 10.2 Å². The minimum atomic E-state index is -4.22. The van der Waals surface area contributed by atoms with Gasteiger partial charge in [-0.3, -0.25) is 4.90 Å². The van der Waals surface area contributed by atoms with Crippen molar-refractivity contribution in [1.29, 1.82) is 0 Å². The first-order valence-electron chi connectivity index (χ1n) is 12.5. The Morgan fingerprint density at radius 3 is 2.61 bits per heavy atom. The van der Waals surface area contributed by atoms with Gasteiger partial charge in [0.15, 0.2) is 0 Å². The molecule has 6 rings (SSSR count). The lowest BCUT2D eigenvalue weighted by molar-refractivity contribution is -0.126. The molecule has 0 bridgehead atoms. The van der Waals surface area contributed by atoms with Gasteiger partial charge in [-0.1, -0.05) is 12.1 Å². The molecule has 192 valence electrons. The highest BCUT2D eigenvalue weighted by atomic mass is 32.1. The highest BCUT2D eigenvalue weighted by Crippen LogP contribution is 2.50. The molecule has 0 amide bonds. The number of ether oxygens (including phenoxy) is 1. The summed E-state index contributed by atoms with van der Waals surface area (Å²) >= 11 is 1.11. The summed E-state index contributed by atoms with van der Waals surface area (Å²) in [6.45, 7) is 6.33. The van der Waals surface area contributed by atoms with Gasteiger partial charge in [0.05, 0.1) is 25.0 Å². The first-order valence-corrected chi connectivity index (χ1v) is 13.4. The minimum Gasteiger partial charge on any atom is -0.382 e. The Hall–Kier alpha value is -2.43. The monoisotopic (exact) mass is 517 g/mol. The number of aromatic nitrogens is 2. The van der Waals surface area contributed by atoms with Crippen LogP contribution in [0.1, 0.15) is 29.7 Å². The average Bonchev–Trinajstić information content (AvgIpc) is 3.44. The Morgan fingerprint density at radius 1 is 1.08 bits per heavy atom. The van der Waals surface area contributed by atoms with E-state index in [1.54, 1.807) is 6.07 Å². The summed E-state index contributed by atoms with van der Waals surface area (Å²) < 4.78 is 44.1. The van der Waals surface area contributed by atoms with E-state index in [1.165, 1.54) is 11.9 Å². The maximum atomic E-state index is 12.9. The lowest BCUT2D eigenvalue weighted by Gasteiger charge is -2.46. The number of rotatable bonds is 6. The van der Waals surface area contributed by atoms with E-state index in [-0.39, 0.29) is 10.3 Å². The third-order valence-corrected chi connectivity index (χ3v) is 8.71. The Bertz CT molecular complexity index is 1200. The van der Waals surface area contributed by atoms with Gasteiger partial charge in [-0.25, -0.2) is 9.97 Å². The smallest absolute Gasteiger partial charge is 0.382 e. The van der Waals surface area contributed by atoms with Gasteiger partial charge in [-0.05, 0) is 48.4 Å². The van der Waals surface area contributed by atoms with E-state index in [0.29, 0.717) is 10.9 Å². The van der Waals surface area contributed by atoms with Gasteiger partial charge in [0.1, 0.15) is 17.0 Å². The molecule has 1 saturated carbocycles. The first-order chi connectivity index (χ1) is 17.3. The van der Waals surface area contributed by atoms with Crippen LogP contribution in [0.3, 0.4) is 0 Å². The van der Waals surface area contributed by atoms with Gasteiger partial charge in [0, 0.05) is 49.3 Å². The molecule has 36 heavy (non-hydrogen) atoms. The Kier molecular flexibility index (Phi) is 6.29. The maximum Gasteiger partial charge on any atom is 0.393 e. The van der Waals surface area contributed by atoms with Gasteiger partial charge < -0.3 is 15.0 Å². The molecule has 1 spiro atoms. The van der Waals surface area contributed by atoms with Crippen molar-refractivity contribution < 1.29 is 17.9 Å². The van der Waals surface area contributed by atoms with Crippen LogP contribution in [0, 0.1) is 5.41 Å². The molecule has 3 aromatic rings. The minimum absolute atomic E-state index is 0.246. The van der Waals surface area contributed by atoms with E-state index in [1.807, 2.05) is 0 Å². The largest absolute Gasteiger partial charge is 0.393 e. The molecule has 0 atom stereocenters. The molecule has 2 saturated heterocycles. The van der Waals surface area contributed by atoms with Crippen LogP contribution in [0.2, 0.25) is 0 Å². The Labute approximate surface area is 212 Å². The number of nitrogens with zero attached hydrogens (tertiary/aromatic N) is 4. The van der Waals surface area contributed by atoms with E-state index >= 15 is 0 Å². The van der Waals surface area contributed by atoms with Gasteiger partial charge >= 0.3 is 6.18 Å². The fourth-order valence-corrected chi connectivity index (χ4v) is 6.95. The van der Waals surface area contributed by atoms with Crippen molar-refractivity contribution in [2.75, 3.05) is 49.6 Å². The summed E-state index contributed by atoms with van der Waals surface area (Å²) in [5, 5.41) is 4.43. The molecular formula is C26H30F3N5OS. The van der Waals surface area contributed by atoms with Crippen LogP contribution in [0.25, 0.3) is 10.2 Å². The zero-order valence-electron chi connectivity index (χ0n) is 20.1. The Morgan fingerprint density at radius 2 is 1.86 bits per heavy atom. The highest BCUT2D eigenvalue weighted by Gasteiger charge is 2.49. The first kappa shape index (κ1) is 23.9. The van der Waals surface area contributed by atoms with Crippen LogP contribution in [-0.2, 0) is 17.7 Å². The van der Waals surface area contributed by atoms with Crippen molar-refractivity contribution in [3.05, 3.63) is 47.1 Å². The fourth-order valence-electron chi connectivity index (χ4n) is 5.93. The van der Waals surface area contributed by atoms with Gasteiger partial charge in [-0.2, -0.15) is 13.2 Å². The number of anilines is 2. The zero-order chi connectivity index (χ0) is 24.8. The van der Waals surface area contributed by atoms with Gasteiger partial charge in [0.2, 0.25) is 0 Å². The number of thiophene rings is 1. The molecule has 1 aliphatic carbocycles. The zero-order valence-corrected chi connectivity index (χ0v) is 20.9. The molecule has 1 N–H and O–H groups in total. The highest BCUT2D eigenvalue weighted by molar-refractivity contribution is 7.18.